The second kappa shape index (κ2) is 10.5. The van der Waals surface area contributed by atoms with Crippen molar-refractivity contribution in [2.45, 2.75) is 26.1 Å². The van der Waals surface area contributed by atoms with Gasteiger partial charge < -0.3 is 15.0 Å². The van der Waals surface area contributed by atoms with Crippen LogP contribution in [0.1, 0.15) is 28.5 Å². The lowest BCUT2D eigenvalue weighted by molar-refractivity contribution is 0.174. The van der Waals surface area contributed by atoms with E-state index in [1.807, 2.05) is 42.5 Å². The van der Waals surface area contributed by atoms with Crippen LogP contribution in [-0.2, 0) is 13.1 Å². The standard InChI is InChI=1S/C25H24Cl2N2O.ClH/c1-17-22(14-28-15-25(30)18-7-3-2-4-8-18)21-9-5-6-10-24(21)29(17)16-19-11-12-20(26)13-23(19)27;/h2-13,25,28,30H,14-16H2,1H3;1H. The van der Waals surface area contributed by atoms with E-state index in [9.17, 15) is 5.11 Å². The van der Waals surface area contributed by atoms with E-state index in [0.29, 0.717) is 29.7 Å². The number of halogens is 3. The summed E-state index contributed by atoms with van der Waals surface area (Å²) in [5.74, 6) is 0. The third kappa shape index (κ3) is 5.25. The molecule has 4 aromatic rings. The smallest absolute Gasteiger partial charge is 0.0914 e. The lowest BCUT2D eigenvalue weighted by Crippen LogP contribution is -2.21. The van der Waals surface area contributed by atoms with Crippen LogP contribution >= 0.6 is 35.6 Å². The number of nitrogens with one attached hydrogen (secondary N) is 1. The summed E-state index contributed by atoms with van der Waals surface area (Å²) in [5, 5.41) is 16.4. The number of fused-ring (bicyclic) bond motifs is 1. The summed E-state index contributed by atoms with van der Waals surface area (Å²) in [4.78, 5) is 0. The second-order valence-corrected chi connectivity index (χ2v) is 8.30. The van der Waals surface area contributed by atoms with Gasteiger partial charge in [-0.1, -0.05) is 77.8 Å². The summed E-state index contributed by atoms with van der Waals surface area (Å²) < 4.78 is 2.29. The molecular weight excluding hydrogens is 451 g/mol. The van der Waals surface area contributed by atoms with Crippen molar-refractivity contribution in [1.82, 2.24) is 9.88 Å². The Kier molecular flexibility index (Phi) is 8.04. The number of hydrogen-bond donors (Lipinski definition) is 2. The zero-order valence-corrected chi connectivity index (χ0v) is 19.5. The largest absolute Gasteiger partial charge is 0.387 e. The predicted octanol–water partition coefficient (Wildman–Crippen LogP) is 6.55. The van der Waals surface area contributed by atoms with E-state index in [-0.39, 0.29) is 12.4 Å². The van der Waals surface area contributed by atoms with Crippen molar-refractivity contribution < 1.29 is 5.11 Å². The molecule has 3 aromatic carbocycles. The van der Waals surface area contributed by atoms with Gasteiger partial charge in [0.05, 0.1) is 6.10 Å². The van der Waals surface area contributed by atoms with Crippen molar-refractivity contribution in [2.75, 3.05) is 6.54 Å². The fraction of sp³-hybridized carbons (Fsp3) is 0.200. The number of aliphatic hydroxyl groups excluding tert-OH is 1. The normalized spacial score (nSPS) is 12.0. The molecule has 0 aliphatic carbocycles. The van der Waals surface area contributed by atoms with Crippen LogP contribution in [0.15, 0.2) is 72.8 Å². The summed E-state index contributed by atoms with van der Waals surface area (Å²) in [5.41, 5.74) is 5.53. The first-order chi connectivity index (χ1) is 14.5. The number of aromatic nitrogens is 1. The number of rotatable bonds is 7. The summed E-state index contributed by atoms with van der Waals surface area (Å²) in [6.45, 7) is 3.98. The van der Waals surface area contributed by atoms with Crippen molar-refractivity contribution in [3.8, 4) is 0 Å². The predicted molar refractivity (Wildman–Crippen MR) is 133 cm³/mol. The number of nitrogens with zero attached hydrogens (tertiary/aromatic N) is 1. The van der Waals surface area contributed by atoms with Gasteiger partial charge in [-0.15, -0.1) is 12.4 Å². The lowest BCUT2D eigenvalue weighted by atomic mass is 10.1. The minimum absolute atomic E-state index is 0. The molecule has 31 heavy (non-hydrogen) atoms. The number of aliphatic hydroxyl groups is 1. The van der Waals surface area contributed by atoms with Crippen LogP contribution in [0.3, 0.4) is 0 Å². The molecule has 1 unspecified atom stereocenters. The van der Waals surface area contributed by atoms with E-state index in [1.165, 1.54) is 22.2 Å². The fourth-order valence-electron chi connectivity index (χ4n) is 3.88. The molecule has 0 spiro atoms. The molecule has 0 aliphatic rings. The summed E-state index contributed by atoms with van der Waals surface area (Å²) in [6.07, 6.45) is -0.535. The van der Waals surface area contributed by atoms with Gasteiger partial charge in [-0.05, 0) is 41.8 Å². The van der Waals surface area contributed by atoms with Gasteiger partial charge >= 0.3 is 0 Å². The third-order valence-corrected chi connectivity index (χ3v) is 6.12. The average molecular weight is 476 g/mol. The molecule has 0 fully saturated rings. The first-order valence-corrected chi connectivity index (χ1v) is 10.7. The highest BCUT2D eigenvalue weighted by molar-refractivity contribution is 6.35. The highest BCUT2D eigenvalue weighted by Crippen LogP contribution is 2.29. The minimum Gasteiger partial charge on any atom is -0.387 e. The Labute approximate surface area is 199 Å². The minimum atomic E-state index is -0.535. The zero-order chi connectivity index (χ0) is 21.1. The van der Waals surface area contributed by atoms with Crippen LogP contribution in [0, 0.1) is 6.92 Å². The van der Waals surface area contributed by atoms with Crippen molar-refractivity contribution >= 4 is 46.5 Å². The Hall–Kier alpha value is -2.01. The van der Waals surface area contributed by atoms with Crippen LogP contribution in [-0.4, -0.2) is 16.2 Å². The molecule has 0 amide bonds. The Bertz CT molecular complexity index is 1160. The van der Waals surface area contributed by atoms with Gasteiger partial charge in [0.15, 0.2) is 0 Å². The maximum Gasteiger partial charge on any atom is 0.0914 e. The molecule has 4 rings (SSSR count). The van der Waals surface area contributed by atoms with Gasteiger partial charge in [-0.25, -0.2) is 0 Å². The average Bonchev–Trinajstić information content (AvgIpc) is 3.02. The topological polar surface area (TPSA) is 37.2 Å². The van der Waals surface area contributed by atoms with Gasteiger partial charge in [0, 0.05) is 46.3 Å². The summed E-state index contributed by atoms with van der Waals surface area (Å²) in [7, 11) is 0. The van der Waals surface area contributed by atoms with Crippen molar-refractivity contribution in [1.29, 1.82) is 0 Å². The Balaban J connectivity index is 0.00000272. The molecule has 0 saturated carbocycles. The molecule has 0 aliphatic heterocycles. The lowest BCUT2D eigenvalue weighted by Gasteiger charge is -2.13. The molecule has 1 aromatic heterocycles. The van der Waals surface area contributed by atoms with Gasteiger partial charge in [0.2, 0.25) is 0 Å². The van der Waals surface area contributed by atoms with Gasteiger partial charge in [-0.3, -0.25) is 0 Å². The van der Waals surface area contributed by atoms with E-state index in [0.717, 1.165) is 11.1 Å². The van der Waals surface area contributed by atoms with E-state index < -0.39 is 6.10 Å². The molecule has 1 heterocycles. The van der Waals surface area contributed by atoms with Crippen LogP contribution in [0.5, 0.6) is 0 Å². The van der Waals surface area contributed by atoms with E-state index in [1.54, 1.807) is 6.07 Å². The summed E-state index contributed by atoms with van der Waals surface area (Å²) in [6, 6.07) is 23.8. The number of para-hydroxylation sites is 1. The third-order valence-electron chi connectivity index (χ3n) is 5.53. The molecule has 2 N–H and O–H groups in total. The molecule has 0 bridgehead atoms. The Morgan fingerprint density at radius 2 is 1.68 bits per heavy atom. The van der Waals surface area contributed by atoms with Gasteiger partial charge in [0.25, 0.3) is 0 Å². The van der Waals surface area contributed by atoms with Gasteiger partial charge in [-0.2, -0.15) is 0 Å². The first-order valence-electron chi connectivity index (χ1n) is 9.99. The van der Waals surface area contributed by atoms with Crippen LogP contribution in [0.4, 0.5) is 0 Å². The van der Waals surface area contributed by atoms with Crippen LogP contribution < -0.4 is 5.32 Å². The zero-order valence-electron chi connectivity index (χ0n) is 17.2. The molecule has 162 valence electrons. The number of hydrogen-bond acceptors (Lipinski definition) is 2. The highest BCUT2D eigenvalue weighted by Gasteiger charge is 2.15. The van der Waals surface area contributed by atoms with Crippen molar-refractivity contribution in [2.24, 2.45) is 0 Å². The van der Waals surface area contributed by atoms with E-state index in [2.05, 4.69) is 41.1 Å². The first kappa shape index (κ1) is 23.6. The molecular formula is C25H25Cl3N2O. The SMILES string of the molecule is Cc1c(CNCC(O)c2ccccc2)c2ccccc2n1Cc1ccc(Cl)cc1Cl.Cl. The molecule has 1 atom stereocenters. The maximum absolute atomic E-state index is 10.4. The van der Waals surface area contributed by atoms with E-state index in [4.69, 9.17) is 23.2 Å². The number of benzene rings is 3. The Morgan fingerprint density at radius 1 is 0.968 bits per heavy atom. The monoisotopic (exact) mass is 474 g/mol. The quantitative estimate of drug-likeness (QED) is 0.318. The fourth-order valence-corrected chi connectivity index (χ4v) is 4.35. The molecule has 3 nitrogen and oxygen atoms in total. The molecule has 0 radical (unpaired) electrons. The van der Waals surface area contributed by atoms with Gasteiger partial charge in [0.1, 0.15) is 0 Å². The van der Waals surface area contributed by atoms with Crippen LogP contribution in [0.2, 0.25) is 10.0 Å². The Morgan fingerprint density at radius 3 is 2.42 bits per heavy atom. The van der Waals surface area contributed by atoms with Crippen molar-refractivity contribution in [3.63, 3.8) is 0 Å². The maximum atomic E-state index is 10.4. The van der Waals surface area contributed by atoms with E-state index >= 15 is 0 Å². The molecule has 0 saturated heterocycles. The highest BCUT2D eigenvalue weighted by atomic mass is 35.5. The van der Waals surface area contributed by atoms with Crippen LogP contribution in [0.25, 0.3) is 10.9 Å². The summed E-state index contributed by atoms with van der Waals surface area (Å²) >= 11 is 12.5. The second-order valence-electron chi connectivity index (χ2n) is 7.46. The van der Waals surface area contributed by atoms with Crippen molar-refractivity contribution in [3.05, 3.63) is 105 Å². The molecule has 6 heteroatoms.